The van der Waals surface area contributed by atoms with Gasteiger partial charge in [0.05, 0.1) is 12.7 Å². The van der Waals surface area contributed by atoms with Crippen LogP contribution in [0.3, 0.4) is 0 Å². The first kappa shape index (κ1) is 17.6. The molecule has 0 radical (unpaired) electrons. The number of hydrogen-bond acceptors (Lipinski definition) is 4. The van der Waals surface area contributed by atoms with Gasteiger partial charge >= 0.3 is 0 Å². The Balaban J connectivity index is 1.43. The normalized spacial score (nSPS) is 25.7. The van der Waals surface area contributed by atoms with Gasteiger partial charge in [-0.25, -0.2) is 0 Å². The van der Waals surface area contributed by atoms with E-state index in [0.717, 1.165) is 19.4 Å². The van der Waals surface area contributed by atoms with Crippen molar-refractivity contribution in [3.05, 3.63) is 52.2 Å². The van der Waals surface area contributed by atoms with Crippen LogP contribution in [0.4, 0.5) is 0 Å². The summed E-state index contributed by atoms with van der Waals surface area (Å²) in [5.41, 5.74) is 0.626. The van der Waals surface area contributed by atoms with E-state index in [4.69, 9.17) is 4.74 Å². The lowest BCUT2D eigenvalue weighted by Crippen LogP contribution is -2.56. The average molecular weight is 371 g/mol. The van der Waals surface area contributed by atoms with Crippen LogP contribution in [0.15, 0.2) is 41.8 Å². The summed E-state index contributed by atoms with van der Waals surface area (Å²) in [6, 6.07) is 13.2. The molecule has 2 aliphatic rings. The van der Waals surface area contributed by atoms with Gasteiger partial charge in [-0.05, 0) is 49.3 Å². The number of nitrogens with one attached hydrogen (secondary N) is 1. The van der Waals surface area contributed by atoms with E-state index in [1.54, 1.807) is 7.11 Å². The molecule has 1 aromatic carbocycles. The number of hydrogen-bond donors (Lipinski definition) is 1. The van der Waals surface area contributed by atoms with Crippen molar-refractivity contribution in [2.24, 2.45) is 0 Å². The van der Waals surface area contributed by atoms with Crippen molar-refractivity contribution in [3.8, 4) is 5.75 Å². The highest BCUT2D eigenvalue weighted by Gasteiger charge is 2.38. The first-order chi connectivity index (χ1) is 12.7. The predicted octanol–water partition coefficient (Wildman–Crippen LogP) is 4.07. The highest BCUT2D eigenvalue weighted by molar-refractivity contribution is 7.09. The number of methoxy groups -OCH3 is 1. The van der Waals surface area contributed by atoms with E-state index >= 15 is 0 Å². The Labute approximate surface area is 159 Å². The number of ether oxygens (including phenoxy) is 1. The predicted molar refractivity (Wildman–Crippen MR) is 105 cm³/mol. The van der Waals surface area contributed by atoms with Crippen molar-refractivity contribution in [1.29, 1.82) is 0 Å². The van der Waals surface area contributed by atoms with Gasteiger partial charge < -0.3 is 10.1 Å². The second-order valence-electron chi connectivity index (χ2n) is 7.33. The largest absolute Gasteiger partial charge is 0.496 e. The molecule has 2 aromatic rings. The third-order valence-electron chi connectivity index (χ3n) is 5.73. The third-order valence-corrected chi connectivity index (χ3v) is 6.59. The molecule has 2 saturated heterocycles. The highest BCUT2D eigenvalue weighted by atomic mass is 32.1. The Morgan fingerprint density at radius 1 is 1.19 bits per heavy atom. The maximum absolute atomic E-state index is 12.7. The van der Waals surface area contributed by atoms with Gasteiger partial charge in [0, 0.05) is 29.5 Å². The molecule has 0 saturated carbocycles. The van der Waals surface area contributed by atoms with E-state index in [1.165, 1.54) is 24.1 Å². The molecular weight excluding hydrogens is 344 g/mol. The van der Waals surface area contributed by atoms with E-state index in [2.05, 4.69) is 27.7 Å². The number of benzene rings is 1. The van der Waals surface area contributed by atoms with E-state index < -0.39 is 0 Å². The molecule has 0 aliphatic carbocycles. The van der Waals surface area contributed by atoms with E-state index in [1.807, 2.05) is 35.6 Å². The van der Waals surface area contributed by atoms with Crippen LogP contribution in [0.5, 0.6) is 5.75 Å². The molecule has 4 rings (SSSR count). The number of rotatable bonds is 5. The SMILES string of the molecule is COc1ccccc1C(=O)NC1C[C@@H]2CCC[C@@H](C1)N2Cc1cccs1. The van der Waals surface area contributed by atoms with Crippen LogP contribution in [-0.4, -0.2) is 36.0 Å². The molecule has 5 heteroatoms. The maximum Gasteiger partial charge on any atom is 0.255 e. The first-order valence-electron chi connectivity index (χ1n) is 9.46. The van der Waals surface area contributed by atoms with Gasteiger partial charge in [-0.1, -0.05) is 24.6 Å². The molecule has 26 heavy (non-hydrogen) atoms. The standard InChI is InChI=1S/C21H26N2O2S/c1-25-20-10-3-2-9-19(20)21(24)22-15-12-16-6-4-7-17(13-15)23(16)14-18-8-5-11-26-18/h2-3,5,8-11,15-17H,4,6-7,12-14H2,1H3,(H,22,24)/t16-,17-/m0/s1. The number of nitrogens with zero attached hydrogens (tertiary/aromatic N) is 1. The summed E-state index contributed by atoms with van der Waals surface area (Å²) in [5.74, 6) is 0.623. The Kier molecular flexibility index (Phi) is 5.27. The molecular formula is C21H26N2O2S. The lowest BCUT2D eigenvalue weighted by molar-refractivity contribution is 0.0184. The summed E-state index contributed by atoms with van der Waals surface area (Å²) < 4.78 is 5.34. The van der Waals surface area contributed by atoms with Crippen LogP contribution >= 0.6 is 11.3 Å². The van der Waals surface area contributed by atoms with Crippen LogP contribution in [0.25, 0.3) is 0 Å². The minimum absolute atomic E-state index is 0.0165. The van der Waals surface area contributed by atoms with Crippen LogP contribution in [-0.2, 0) is 6.54 Å². The molecule has 2 fully saturated rings. The van der Waals surface area contributed by atoms with Gasteiger partial charge in [0.25, 0.3) is 5.91 Å². The summed E-state index contributed by atoms with van der Waals surface area (Å²) >= 11 is 1.84. The average Bonchev–Trinajstić information content (AvgIpc) is 3.15. The molecule has 1 N–H and O–H groups in total. The zero-order valence-corrected chi connectivity index (χ0v) is 16.0. The van der Waals surface area contributed by atoms with E-state index in [0.29, 0.717) is 23.4 Å². The van der Waals surface area contributed by atoms with Gasteiger partial charge in [-0.3, -0.25) is 9.69 Å². The monoisotopic (exact) mass is 370 g/mol. The topological polar surface area (TPSA) is 41.6 Å². The number of para-hydroxylation sites is 1. The van der Waals surface area contributed by atoms with Crippen molar-refractivity contribution in [2.75, 3.05) is 7.11 Å². The van der Waals surface area contributed by atoms with Crippen LogP contribution < -0.4 is 10.1 Å². The molecule has 0 unspecified atom stereocenters. The maximum atomic E-state index is 12.7. The number of carbonyl (C=O) groups excluding carboxylic acids is 1. The Morgan fingerprint density at radius 3 is 2.65 bits per heavy atom. The van der Waals surface area contributed by atoms with Crippen molar-refractivity contribution >= 4 is 17.2 Å². The minimum Gasteiger partial charge on any atom is -0.496 e. The van der Waals surface area contributed by atoms with Crippen molar-refractivity contribution < 1.29 is 9.53 Å². The minimum atomic E-state index is -0.0165. The second-order valence-corrected chi connectivity index (χ2v) is 8.36. The second kappa shape index (κ2) is 7.80. The Hall–Kier alpha value is -1.85. The molecule has 2 bridgehead atoms. The van der Waals surface area contributed by atoms with Gasteiger partial charge in [0.2, 0.25) is 0 Å². The molecule has 138 valence electrons. The molecule has 0 spiro atoms. The fraction of sp³-hybridized carbons (Fsp3) is 0.476. The number of piperidine rings is 2. The molecule has 3 heterocycles. The molecule has 2 aliphatic heterocycles. The quantitative estimate of drug-likeness (QED) is 0.862. The first-order valence-corrected chi connectivity index (χ1v) is 10.3. The van der Waals surface area contributed by atoms with Gasteiger partial charge in [0.1, 0.15) is 5.75 Å². The Bertz CT molecular complexity index is 732. The van der Waals surface area contributed by atoms with Crippen molar-refractivity contribution in [3.63, 3.8) is 0 Å². The van der Waals surface area contributed by atoms with Crippen molar-refractivity contribution in [2.45, 2.75) is 56.8 Å². The van der Waals surface area contributed by atoms with Gasteiger partial charge in [-0.15, -0.1) is 11.3 Å². The summed E-state index contributed by atoms with van der Waals surface area (Å²) in [7, 11) is 1.61. The number of thiophene rings is 1. The number of fused-ring (bicyclic) bond motifs is 2. The van der Waals surface area contributed by atoms with Crippen LogP contribution in [0, 0.1) is 0 Å². The fourth-order valence-electron chi connectivity index (χ4n) is 4.53. The van der Waals surface area contributed by atoms with E-state index in [-0.39, 0.29) is 11.9 Å². The summed E-state index contributed by atoms with van der Waals surface area (Å²) in [5, 5.41) is 5.43. The molecule has 1 amide bonds. The smallest absolute Gasteiger partial charge is 0.255 e. The molecule has 2 atom stereocenters. The lowest BCUT2D eigenvalue weighted by atomic mass is 9.81. The van der Waals surface area contributed by atoms with Crippen LogP contribution in [0.1, 0.15) is 47.3 Å². The summed E-state index contributed by atoms with van der Waals surface area (Å²) in [4.78, 5) is 16.9. The van der Waals surface area contributed by atoms with Crippen LogP contribution in [0.2, 0.25) is 0 Å². The third kappa shape index (κ3) is 3.64. The van der Waals surface area contributed by atoms with E-state index in [9.17, 15) is 4.79 Å². The summed E-state index contributed by atoms with van der Waals surface area (Å²) in [6.45, 7) is 1.06. The zero-order chi connectivity index (χ0) is 17.9. The fourth-order valence-corrected chi connectivity index (χ4v) is 5.25. The van der Waals surface area contributed by atoms with Crippen molar-refractivity contribution in [1.82, 2.24) is 10.2 Å². The summed E-state index contributed by atoms with van der Waals surface area (Å²) in [6.07, 6.45) is 5.88. The lowest BCUT2D eigenvalue weighted by Gasteiger charge is -2.49. The molecule has 4 nitrogen and oxygen atoms in total. The Morgan fingerprint density at radius 2 is 1.96 bits per heavy atom. The zero-order valence-electron chi connectivity index (χ0n) is 15.2. The molecule has 1 aromatic heterocycles. The van der Waals surface area contributed by atoms with Gasteiger partial charge in [-0.2, -0.15) is 0 Å². The van der Waals surface area contributed by atoms with Gasteiger partial charge in [0.15, 0.2) is 0 Å². The number of carbonyl (C=O) groups is 1. The number of amides is 1. The highest BCUT2D eigenvalue weighted by Crippen LogP contribution is 2.36.